The Morgan fingerprint density at radius 1 is 1.30 bits per heavy atom. The number of fused-ring (bicyclic) bond motifs is 1. The Balaban J connectivity index is 1.73. The predicted octanol–water partition coefficient (Wildman–Crippen LogP) is 3.19. The highest BCUT2D eigenvalue weighted by atomic mass is 16.5. The van der Waals surface area contributed by atoms with Crippen molar-refractivity contribution in [1.29, 1.82) is 0 Å². The van der Waals surface area contributed by atoms with Gasteiger partial charge in [0.15, 0.2) is 0 Å². The Morgan fingerprint density at radius 2 is 2.13 bits per heavy atom. The highest BCUT2D eigenvalue weighted by Gasteiger charge is 2.36. The molecular formula is C19H27NO3. The average molecular weight is 317 g/mol. The lowest BCUT2D eigenvalue weighted by Gasteiger charge is -2.30. The second-order valence-electron chi connectivity index (χ2n) is 6.80. The molecule has 2 fully saturated rings. The molecule has 126 valence electrons. The Labute approximate surface area is 138 Å². The van der Waals surface area contributed by atoms with Crippen LogP contribution in [0.5, 0.6) is 5.75 Å². The standard InChI is InChI=1S/C19H27NO3/c1-14(2)23-17-9-4-3-7-15(17)13-19(21)20-11-6-12-22-18-10-5-8-16(18)20/h3-4,7,9,14,16,18H,5-6,8,10-13H2,1-2H3/t16-,18-/m0/s1. The third kappa shape index (κ3) is 3.86. The van der Waals surface area contributed by atoms with Gasteiger partial charge in [0.1, 0.15) is 5.75 Å². The van der Waals surface area contributed by atoms with E-state index in [4.69, 9.17) is 9.47 Å². The van der Waals surface area contributed by atoms with E-state index in [0.29, 0.717) is 6.42 Å². The summed E-state index contributed by atoms with van der Waals surface area (Å²) in [7, 11) is 0. The molecule has 0 unspecified atom stereocenters. The first kappa shape index (κ1) is 16.3. The number of para-hydroxylation sites is 1. The summed E-state index contributed by atoms with van der Waals surface area (Å²) in [5.74, 6) is 1.03. The minimum atomic E-state index is 0.108. The lowest BCUT2D eigenvalue weighted by Crippen LogP contribution is -2.44. The molecule has 2 aliphatic rings. The van der Waals surface area contributed by atoms with Gasteiger partial charge in [0, 0.05) is 18.7 Å². The molecule has 1 aliphatic heterocycles. The minimum absolute atomic E-state index is 0.108. The summed E-state index contributed by atoms with van der Waals surface area (Å²) in [6.07, 6.45) is 5.00. The number of carbonyl (C=O) groups excluding carboxylic acids is 1. The maximum absolute atomic E-state index is 12.9. The van der Waals surface area contributed by atoms with Crippen LogP contribution in [0, 0.1) is 0 Å². The first-order valence-corrected chi connectivity index (χ1v) is 8.81. The average Bonchev–Trinajstić information content (AvgIpc) is 2.88. The summed E-state index contributed by atoms with van der Waals surface area (Å²) < 4.78 is 11.8. The lowest BCUT2D eigenvalue weighted by atomic mass is 10.1. The predicted molar refractivity (Wildman–Crippen MR) is 89.6 cm³/mol. The fourth-order valence-corrected chi connectivity index (χ4v) is 3.69. The van der Waals surface area contributed by atoms with E-state index in [1.165, 1.54) is 0 Å². The fraction of sp³-hybridized carbons (Fsp3) is 0.632. The maximum atomic E-state index is 12.9. The molecule has 0 radical (unpaired) electrons. The van der Waals surface area contributed by atoms with Crippen LogP contribution < -0.4 is 4.74 Å². The van der Waals surface area contributed by atoms with Crippen LogP contribution >= 0.6 is 0 Å². The van der Waals surface area contributed by atoms with Gasteiger partial charge in [-0.2, -0.15) is 0 Å². The van der Waals surface area contributed by atoms with E-state index in [1.54, 1.807) is 0 Å². The summed E-state index contributed by atoms with van der Waals surface area (Å²) in [5.41, 5.74) is 0.978. The van der Waals surface area contributed by atoms with Crippen molar-refractivity contribution in [2.75, 3.05) is 13.2 Å². The van der Waals surface area contributed by atoms with Gasteiger partial charge in [-0.25, -0.2) is 0 Å². The molecule has 4 heteroatoms. The molecule has 0 N–H and O–H groups in total. The number of hydrogen-bond acceptors (Lipinski definition) is 3. The van der Waals surface area contributed by atoms with Crippen molar-refractivity contribution in [1.82, 2.24) is 4.90 Å². The normalized spacial score (nSPS) is 24.4. The van der Waals surface area contributed by atoms with Crippen molar-refractivity contribution in [3.8, 4) is 5.75 Å². The number of nitrogens with zero attached hydrogens (tertiary/aromatic N) is 1. The van der Waals surface area contributed by atoms with Crippen LogP contribution in [0.3, 0.4) is 0 Å². The Bertz CT molecular complexity index is 543. The van der Waals surface area contributed by atoms with Gasteiger partial charge in [0.25, 0.3) is 0 Å². The van der Waals surface area contributed by atoms with Crippen molar-refractivity contribution < 1.29 is 14.3 Å². The van der Waals surface area contributed by atoms with Crippen LogP contribution in [0.1, 0.15) is 45.1 Å². The van der Waals surface area contributed by atoms with E-state index < -0.39 is 0 Å². The van der Waals surface area contributed by atoms with Crippen molar-refractivity contribution in [3.63, 3.8) is 0 Å². The molecule has 0 aromatic heterocycles. The number of amides is 1. The highest BCUT2D eigenvalue weighted by Crippen LogP contribution is 2.30. The van der Waals surface area contributed by atoms with E-state index in [9.17, 15) is 4.79 Å². The zero-order chi connectivity index (χ0) is 16.2. The number of rotatable bonds is 4. The molecule has 0 spiro atoms. The smallest absolute Gasteiger partial charge is 0.227 e. The summed E-state index contributed by atoms with van der Waals surface area (Å²) in [5, 5.41) is 0. The van der Waals surface area contributed by atoms with Gasteiger partial charge in [-0.05, 0) is 45.6 Å². The van der Waals surface area contributed by atoms with Gasteiger partial charge in [0.2, 0.25) is 5.91 Å². The molecule has 1 heterocycles. The summed E-state index contributed by atoms with van der Waals surface area (Å²) in [6.45, 7) is 5.60. The zero-order valence-electron chi connectivity index (χ0n) is 14.2. The zero-order valence-corrected chi connectivity index (χ0v) is 14.2. The molecule has 3 rings (SSSR count). The second-order valence-corrected chi connectivity index (χ2v) is 6.80. The molecule has 0 bridgehead atoms. The van der Waals surface area contributed by atoms with Crippen LogP contribution in [0.4, 0.5) is 0 Å². The summed E-state index contributed by atoms with van der Waals surface area (Å²) in [6, 6.07) is 8.14. The molecule has 1 aromatic carbocycles. The van der Waals surface area contributed by atoms with E-state index >= 15 is 0 Å². The number of ether oxygens (including phenoxy) is 2. The maximum Gasteiger partial charge on any atom is 0.227 e. The fourth-order valence-electron chi connectivity index (χ4n) is 3.69. The van der Waals surface area contributed by atoms with Crippen LogP contribution in [-0.4, -0.2) is 42.2 Å². The third-order valence-corrected chi connectivity index (χ3v) is 4.69. The highest BCUT2D eigenvalue weighted by molar-refractivity contribution is 5.80. The largest absolute Gasteiger partial charge is 0.491 e. The van der Waals surface area contributed by atoms with Crippen molar-refractivity contribution >= 4 is 5.91 Å². The van der Waals surface area contributed by atoms with Crippen LogP contribution in [0.15, 0.2) is 24.3 Å². The van der Waals surface area contributed by atoms with Crippen LogP contribution in [0.2, 0.25) is 0 Å². The van der Waals surface area contributed by atoms with Crippen molar-refractivity contribution in [2.24, 2.45) is 0 Å². The number of benzene rings is 1. The molecule has 2 atom stereocenters. The van der Waals surface area contributed by atoms with Gasteiger partial charge in [-0.15, -0.1) is 0 Å². The topological polar surface area (TPSA) is 38.8 Å². The SMILES string of the molecule is CC(C)Oc1ccccc1CC(=O)N1CCCO[C@H]2CCC[C@@H]21. The van der Waals surface area contributed by atoms with Crippen molar-refractivity contribution in [3.05, 3.63) is 29.8 Å². The molecule has 1 saturated carbocycles. The van der Waals surface area contributed by atoms with Gasteiger partial charge < -0.3 is 14.4 Å². The molecule has 1 amide bonds. The number of carbonyl (C=O) groups is 1. The van der Waals surface area contributed by atoms with Gasteiger partial charge >= 0.3 is 0 Å². The van der Waals surface area contributed by atoms with Gasteiger partial charge in [-0.3, -0.25) is 4.79 Å². The minimum Gasteiger partial charge on any atom is -0.491 e. The molecular weight excluding hydrogens is 290 g/mol. The third-order valence-electron chi connectivity index (χ3n) is 4.69. The van der Waals surface area contributed by atoms with Crippen LogP contribution in [0.25, 0.3) is 0 Å². The Morgan fingerprint density at radius 3 is 2.96 bits per heavy atom. The molecule has 4 nitrogen and oxygen atoms in total. The van der Waals surface area contributed by atoms with Crippen molar-refractivity contribution in [2.45, 2.75) is 64.2 Å². The lowest BCUT2D eigenvalue weighted by molar-refractivity contribution is -0.134. The first-order chi connectivity index (χ1) is 11.1. The first-order valence-electron chi connectivity index (χ1n) is 8.81. The summed E-state index contributed by atoms with van der Waals surface area (Å²) >= 11 is 0. The van der Waals surface area contributed by atoms with E-state index in [0.717, 1.165) is 50.1 Å². The van der Waals surface area contributed by atoms with E-state index in [1.807, 2.05) is 38.1 Å². The van der Waals surface area contributed by atoms with E-state index in [2.05, 4.69) is 4.90 Å². The van der Waals surface area contributed by atoms with Gasteiger partial charge in [0.05, 0.1) is 24.7 Å². The van der Waals surface area contributed by atoms with Crippen LogP contribution in [-0.2, 0) is 16.0 Å². The summed E-state index contributed by atoms with van der Waals surface area (Å²) in [4.78, 5) is 15.0. The Kier molecular flexibility index (Phi) is 5.21. The second kappa shape index (κ2) is 7.35. The monoisotopic (exact) mass is 317 g/mol. The number of hydrogen-bond donors (Lipinski definition) is 0. The molecule has 1 saturated heterocycles. The van der Waals surface area contributed by atoms with E-state index in [-0.39, 0.29) is 24.2 Å². The molecule has 23 heavy (non-hydrogen) atoms. The quantitative estimate of drug-likeness (QED) is 0.856. The van der Waals surface area contributed by atoms with Gasteiger partial charge in [-0.1, -0.05) is 18.2 Å². The Hall–Kier alpha value is -1.55. The molecule has 1 aromatic rings. The molecule has 1 aliphatic carbocycles.